The molecule has 1 aliphatic heterocycles. The number of aromatic amines is 1. The Balaban J connectivity index is 1.23. The fraction of sp³-hybridized carbons (Fsp3) is 0.185. The van der Waals surface area contributed by atoms with Gasteiger partial charge in [0.25, 0.3) is 5.91 Å². The number of H-pyrrole nitrogens is 1. The van der Waals surface area contributed by atoms with Crippen LogP contribution in [0.3, 0.4) is 0 Å². The van der Waals surface area contributed by atoms with Crippen molar-refractivity contribution in [1.29, 1.82) is 0 Å². The van der Waals surface area contributed by atoms with Crippen molar-refractivity contribution in [2.75, 3.05) is 30.0 Å². The molecular formula is C27H25N3O4. The van der Waals surface area contributed by atoms with Gasteiger partial charge in [0.05, 0.1) is 18.7 Å². The number of rotatable bonds is 7. The van der Waals surface area contributed by atoms with Gasteiger partial charge in [-0.2, -0.15) is 0 Å². The van der Waals surface area contributed by atoms with Crippen molar-refractivity contribution in [2.24, 2.45) is 0 Å². The second-order valence-corrected chi connectivity index (χ2v) is 8.26. The molecule has 34 heavy (non-hydrogen) atoms. The van der Waals surface area contributed by atoms with E-state index in [-0.39, 0.29) is 24.8 Å². The molecule has 0 saturated carbocycles. The largest absolute Gasteiger partial charge is 0.492 e. The van der Waals surface area contributed by atoms with Gasteiger partial charge in [0, 0.05) is 28.9 Å². The van der Waals surface area contributed by atoms with E-state index in [4.69, 9.17) is 9.47 Å². The molecule has 0 fully saturated rings. The molecule has 0 radical (unpaired) electrons. The molecule has 7 heteroatoms. The first kappa shape index (κ1) is 21.6. The fourth-order valence-electron chi connectivity index (χ4n) is 4.07. The standard InChI is InChI=1S/C27H25N3O4/c1-18-6-9-21(10-7-18)33-13-12-30-24-11-8-20(15-25(24)34-17-27(30)32)29-26(31)14-19-16-28-23-5-3-2-4-22(19)23/h2-11,15-16,28H,12-14,17H2,1H3,(H,29,31). The molecule has 0 saturated heterocycles. The number of hydrogen-bond donors (Lipinski definition) is 2. The number of ether oxygens (including phenoxy) is 2. The highest BCUT2D eigenvalue weighted by Crippen LogP contribution is 2.34. The van der Waals surface area contributed by atoms with Crippen molar-refractivity contribution in [2.45, 2.75) is 13.3 Å². The van der Waals surface area contributed by atoms with Crippen molar-refractivity contribution >= 4 is 34.1 Å². The van der Waals surface area contributed by atoms with Crippen LogP contribution in [0.5, 0.6) is 11.5 Å². The maximum Gasteiger partial charge on any atom is 0.265 e. The average molecular weight is 456 g/mol. The Bertz CT molecular complexity index is 1340. The zero-order valence-electron chi connectivity index (χ0n) is 18.8. The second kappa shape index (κ2) is 9.31. The van der Waals surface area contributed by atoms with Crippen LogP contribution >= 0.6 is 0 Å². The van der Waals surface area contributed by atoms with Gasteiger partial charge in [0.15, 0.2) is 6.61 Å². The van der Waals surface area contributed by atoms with Crippen LogP contribution in [0.15, 0.2) is 72.9 Å². The SMILES string of the molecule is Cc1ccc(OCCN2C(=O)COc3cc(NC(=O)Cc4c[nH]c5ccccc45)ccc32)cc1. The Morgan fingerprint density at radius 1 is 1.12 bits per heavy atom. The van der Waals surface area contributed by atoms with Crippen molar-refractivity contribution in [3.63, 3.8) is 0 Å². The normalized spacial score (nSPS) is 12.9. The lowest BCUT2D eigenvalue weighted by Gasteiger charge is -2.29. The second-order valence-electron chi connectivity index (χ2n) is 8.26. The van der Waals surface area contributed by atoms with Gasteiger partial charge in [-0.15, -0.1) is 0 Å². The summed E-state index contributed by atoms with van der Waals surface area (Å²) in [5, 5.41) is 3.96. The summed E-state index contributed by atoms with van der Waals surface area (Å²) >= 11 is 0. The highest BCUT2D eigenvalue weighted by atomic mass is 16.5. The molecule has 1 aliphatic rings. The zero-order valence-corrected chi connectivity index (χ0v) is 18.8. The van der Waals surface area contributed by atoms with E-state index in [1.807, 2.05) is 61.7 Å². The number of aromatic nitrogens is 1. The van der Waals surface area contributed by atoms with Gasteiger partial charge in [-0.1, -0.05) is 35.9 Å². The number of nitrogens with one attached hydrogen (secondary N) is 2. The molecule has 5 rings (SSSR count). The monoisotopic (exact) mass is 455 g/mol. The summed E-state index contributed by atoms with van der Waals surface area (Å²) in [4.78, 5) is 30.0. The summed E-state index contributed by atoms with van der Waals surface area (Å²) in [7, 11) is 0. The molecule has 2 heterocycles. The van der Waals surface area contributed by atoms with Crippen molar-refractivity contribution < 1.29 is 19.1 Å². The lowest BCUT2D eigenvalue weighted by molar-refractivity contribution is -0.121. The summed E-state index contributed by atoms with van der Waals surface area (Å²) in [5.74, 6) is 1.07. The Hall–Kier alpha value is -4.26. The molecule has 3 aromatic carbocycles. The molecule has 2 amide bonds. The van der Waals surface area contributed by atoms with Crippen LogP contribution in [-0.2, 0) is 16.0 Å². The molecule has 4 aromatic rings. The Kier molecular flexibility index (Phi) is 5.91. The van der Waals surface area contributed by atoms with E-state index in [9.17, 15) is 9.59 Å². The van der Waals surface area contributed by atoms with Crippen molar-refractivity contribution in [1.82, 2.24) is 4.98 Å². The molecule has 1 aromatic heterocycles. The van der Waals surface area contributed by atoms with E-state index in [1.54, 1.807) is 23.1 Å². The quantitative estimate of drug-likeness (QED) is 0.431. The number of aryl methyl sites for hydroxylation is 1. The smallest absolute Gasteiger partial charge is 0.265 e. The van der Waals surface area contributed by atoms with E-state index >= 15 is 0 Å². The van der Waals surface area contributed by atoms with E-state index < -0.39 is 0 Å². The maximum atomic E-state index is 12.7. The van der Waals surface area contributed by atoms with E-state index in [0.29, 0.717) is 30.3 Å². The van der Waals surface area contributed by atoms with Crippen LogP contribution in [0.2, 0.25) is 0 Å². The first-order valence-corrected chi connectivity index (χ1v) is 11.2. The third kappa shape index (κ3) is 4.59. The van der Waals surface area contributed by atoms with E-state index in [2.05, 4.69) is 10.3 Å². The highest BCUT2D eigenvalue weighted by molar-refractivity contribution is 5.99. The van der Waals surface area contributed by atoms with Gasteiger partial charge in [0.1, 0.15) is 18.1 Å². The van der Waals surface area contributed by atoms with Crippen LogP contribution in [-0.4, -0.2) is 36.6 Å². The number of fused-ring (bicyclic) bond motifs is 2. The number of hydrogen-bond acceptors (Lipinski definition) is 4. The van der Waals surface area contributed by atoms with Gasteiger partial charge in [-0.05, 0) is 42.8 Å². The van der Waals surface area contributed by atoms with Crippen LogP contribution in [0.4, 0.5) is 11.4 Å². The minimum absolute atomic E-state index is 0.0513. The Morgan fingerprint density at radius 3 is 2.79 bits per heavy atom. The molecule has 0 spiro atoms. The third-order valence-corrected chi connectivity index (χ3v) is 5.82. The predicted molar refractivity (Wildman–Crippen MR) is 132 cm³/mol. The van der Waals surface area contributed by atoms with E-state index in [0.717, 1.165) is 27.8 Å². The number of para-hydroxylation sites is 1. The summed E-state index contributed by atoms with van der Waals surface area (Å²) < 4.78 is 11.4. The molecular weight excluding hydrogens is 430 g/mol. The molecule has 0 bridgehead atoms. The lowest BCUT2D eigenvalue weighted by Crippen LogP contribution is -2.41. The Labute approximate surface area is 197 Å². The molecule has 2 N–H and O–H groups in total. The zero-order chi connectivity index (χ0) is 23.5. The van der Waals surface area contributed by atoms with Gasteiger partial charge in [-0.25, -0.2) is 0 Å². The molecule has 7 nitrogen and oxygen atoms in total. The number of benzene rings is 3. The third-order valence-electron chi connectivity index (χ3n) is 5.82. The van der Waals surface area contributed by atoms with Gasteiger partial charge < -0.3 is 24.7 Å². The molecule has 0 atom stereocenters. The van der Waals surface area contributed by atoms with Crippen molar-refractivity contribution in [3.05, 3.63) is 84.1 Å². The van der Waals surface area contributed by atoms with Gasteiger partial charge in [0.2, 0.25) is 5.91 Å². The van der Waals surface area contributed by atoms with Crippen LogP contribution in [0.1, 0.15) is 11.1 Å². The number of carbonyl (C=O) groups is 2. The number of carbonyl (C=O) groups excluding carboxylic acids is 2. The van der Waals surface area contributed by atoms with E-state index in [1.165, 1.54) is 0 Å². The summed E-state index contributed by atoms with van der Waals surface area (Å²) in [5.41, 5.74) is 4.39. The molecule has 172 valence electrons. The summed E-state index contributed by atoms with van der Waals surface area (Å²) in [6.07, 6.45) is 2.12. The summed E-state index contributed by atoms with van der Waals surface area (Å²) in [6.45, 7) is 2.73. The number of nitrogens with zero attached hydrogens (tertiary/aromatic N) is 1. The van der Waals surface area contributed by atoms with Gasteiger partial charge in [-0.3, -0.25) is 9.59 Å². The minimum Gasteiger partial charge on any atom is -0.492 e. The predicted octanol–water partition coefficient (Wildman–Crippen LogP) is 4.46. The topological polar surface area (TPSA) is 83.7 Å². The van der Waals surface area contributed by atoms with Crippen LogP contribution in [0.25, 0.3) is 10.9 Å². The lowest BCUT2D eigenvalue weighted by atomic mass is 10.1. The number of amides is 2. The minimum atomic E-state index is -0.129. The maximum absolute atomic E-state index is 12.7. The summed E-state index contributed by atoms with van der Waals surface area (Å²) in [6, 6.07) is 21.0. The van der Waals surface area contributed by atoms with Crippen LogP contribution < -0.4 is 19.7 Å². The molecule has 0 unspecified atom stereocenters. The highest BCUT2D eigenvalue weighted by Gasteiger charge is 2.26. The van der Waals surface area contributed by atoms with Crippen molar-refractivity contribution in [3.8, 4) is 11.5 Å². The molecule has 0 aliphatic carbocycles. The Morgan fingerprint density at radius 2 is 1.94 bits per heavy atom. The first-order chi connectivity index (χ1) is 16.6. The van der Waals surface area contributed by atoms with Gasteiger partial charge >= 0.3 is 0 Å². The average Bonchev–Trinajstić information content (AvgIpc) is 3.24. The first-order valence-electron chi connectivity index (χ1n) is 11.2. The van der Waals surface area contributed by atoms with Crippen LogP contribution in [0, 0.1) is 6.92 Å². The number of anilines is 2. The fourth-order valence-corrected chi connectivity index (χ4v) is 4.07.